The van der Waals surface area contributed by atoms with Crippen LogP contribution in [0.5, 0.6) is 11.5 Å². The molecule has 2 fully saturated rings. The first-order valence-corrected chi connectivity index (χ1v) is 11.7. The van der Waals surface area contributed by atoms with Crippen molar-refractivity contribution in [2.24, 2.45) is 0 Å². The standard InChI is InChI=1S/C24H22Cl2F2N2O5/c25-16-3-1-14(9-18(16)27)34-11-21(32)29-23-6-5-20(31)24(13-23,8-7-23)30-22(33)12-35-15-2-4-17(26)19(28)10-15/h1-4,9-10H,5-8,11-13H2,(H,29,32)(H,30,33). The number of hydrogen-bond acceptors (Lipinski definition) is 5. The smallest absolute Gasteiger partial charge is 0.258 e. The lowest BCUT2D eigenvalue weighted by molar-refractivity contribution is -0.135. The highest BCUT2D eigenvalue weighted by molar-refractivity contribution is 6.31. The Hall–Kier alpha value is -2.91. The Kier molecular flexibility index (Phi) is 7.19. The second-order valence-corrected chi connectivity index (χ2v) is 9.60. The number of halogens is 4. The van der Waals surface area contributed by atoms with Crippen LogP contribution in [0.15, 0.2) is 36.4 Å². The zero-order valence-electron chi connectivity index (χ0n) is 18.5. The van der Waals surface area contributed by atoms with Crippen LogP contribution >= 0.6 is 23.2 Å². The highest BCUT2D eigenvalue weighted by Gasteiger charge is 2.57. The molecule has 2 saturated carbocycles. The number of carbonyl (C=O) groups excluding carboxylic acids is 3. The molecule has 0 saturated heterocycles. The zero-order chi connectivity index (χ0) is 25.2. The monoisotopic (exact) mass is 526 g/mol. The fourth-order valence-electron chi connectivity index (χ4n) is 4.66. The van der Waals surface area contributed by atoms with Gasteiger partial charge in [-0.2, -0.15) is 0 Å². The molecular formula is C24H22Cl2F2N2O5. The Balaban J connectivity index is 1.33. The maximum atomic E-state index is 13.6. The molecule has 2 amide bonds. The van der Waals surface area contributed by atoms with E-state index in [-0.39, 0.29) is 46.8 Å². The van der Waals surface area contributed by atoms with Gasteiger partial charge in [0.15, 0.2) is 19.0 Å². The van der Waals surface area contributed by atoms with Gasteiger partial charge in [-0.1, -0.05) is 23.2 Å². The summed E-state index contributed by atoms with van der Waals surface area (Å²) in [6.45, 7) is -0.761. The fraction of sp³-hybridized carbons (Fsp3) is 0.375. The summed E-state index contributed by atoms with van der Waals surface area (Å²) < 4.78 is 37.8. The molecule has 0 spiro atoms. The van der Waals surface area contributed by atoms with Crippen molar-refractivity contribution in [3.05, 3.63) is 58.1 Å². The Morgan fingerprint density at radius 2 is 1.40 bits per heavy atom. The minimum atomic E-state index is -1.11. The number of fused-ring (bicyclic) bond motifs is 2. The van der Waals surface area contributed by atoms with Crippen LogP contribution in [0.4, 0.5) is 8.78 Å². The van der Waals surface area contributed by atoms with E-state index in [4.69, 9.17) is 32.7 Å². The Labute approximate surface area is 210 Å². The van der Waals surface area contributed by atoms with Crippen molar-refractivity contribution in [1.29, 1.82) is 0 Å². The van der Waals surface area contributed by atoms with Crippen LogP contribution < -0.4 is 20.1 Å². The zero-order valence-corrected chi connectivity index (χ0v) is 20.0. The van der Waals surface area contributed by atoms with E-state index in [2.05, 4.69) is 10.6 Å². The van der Waals surface area contributed by atoms with Gasteiger partial charge in [-0.25, -0.2) is 8.78 Å². The van der Waals surface area contributed by atoms with Crippen molar-refractivity contribution in [3.63, 3.8) is 0 Å². The summed E-state index contributed by atoms with van der Waals surface area (Å²) in [7, 11) is 0. The quantitative estimate of drug-likeness (QED) is 0.542. The van der Waals surface area contributed by atoms with Gasteiger partial charge in [-0.05, 0) is 43.5 Å². The van der Waals surface area contributed by atoms with Crippen molar-refractivity contribution in [2.75, 3.05) is 13.2 Å². The maximum Gasteiger partial charge on any atom is 0.258 e. The summed E-state index contributed by atoms with van der Waals surface area (Å²) in [5.74, 6) is -2.12. The molecule has 0 aromatic heterocycles. The molecule has 2 aliphatic rings. The van der Waals surface area contributed by atoms with Crippen molar-refractivity contribution < 1.29 is 32.6 Å². The first kappa shape index (κ1) is 25.2. The average molecular weight is 527 g/mol. The van der Waals surface area contributed by atoms with Crippen molar-refractivity contribution in [1.82, 2.24) is 10.6 Å². The average Bonchev–Trinajstić information content (AvgIpc) is 3.12. The molecule has 2 aliphatic carbocycles. The van der Waals surface area contributed by atoms with Gasteiger partial charge >= 0.3 is 0 Å². The SMILES string of the molecule is O=C(COc1ccc(Cl)c(F)c1)NC12CCC(=O)C(NC(=O)COc3ccc(Cl)c(F)c3)(CC1)C2. The maximum absolute atomic E-state index is 13.6. The highest BCUT2D eigenvalue weighted by atomic mass is 35.5. The van der Waals surface area contributed by atoms with Gasteiger partial charge in [0.25, 0.3) is 11.8 Å². The molecule has 11 heteroatoms. The van der Waals surface area contributed by atoms with Crippen molar-refractivity contribution in [3.8, 4) is 11.5 Å². The van der Waals surface area contributed by atoms with Crippen molar-refractivity contribution >= 4 is 40.8 Å². The molecule has 4 rings (SSSR count). The lowest BCUT2D eigenvalue weighted by atomic mass is 9.77. The normalized spacial score (nSPS) is 23.0. The number of rotatable bonds is 8. The van der Waals surface area contributed by atoms with E-state index in [1.807, 2.05) is 0 Å². The number of Topliss-reactive ketones (excluding diaryl/α,β-unsaturated/α-hetero) is 1. The lowest BCUT2D eigenvalue weighted by Crippen LogP contribution is -2.60. The third-order valence-electron chi connectivity index (χ3n) is 6.34. The number of benzene rings is 2. The number of amides is 2. The van der Waals surface area contributed by atoms with Gasteiger partial charge in [0.05, 0.1) is 10.0 Å². The largest absolute Gasteiger partial charge is 0.484 e. The minimum Gasteiger partial charge on any atom is -0.484 e. The van der Waals surface area contributed by atoms with E-state index in [9.17, 15) is 23.2 Å². The molecule has 2 bridgehead atoms. The van der Waals surface area contributed by atoms with Crippen LogP contribution in [0.25, 0.3) is 0 Å². The Morgan fingerprint density at radius 3 is 1.94 bits per heavy atom. The molecule has 0 aliphatic heterocycles. The van der Waals surface area contributed by atoms with Gasteiger partial charge in [-0.3, -0.25) is 14.4 Å². The van der Waals surface area contributed by atoms with E-state index in [1.54, 1.807) is 0 Å². The predicted molar refractivity (Wildman–Crippen MR) is 124 cm³/mol. The molecule has 2 atom stereocenters. The molecule has 2 N–H and O–H groups in total. The van der Waals surface area contributed by atoms with E-state index < -0.39 is 41.1 Å². The van der Waals surface area contributed by atoms with Gasteiger partial charge < -0.3 is 20.1 Å². The molecule has 7 nitrogen and oxygen atoms in total. The van der Waals surface area contributed by atoms with E-state index in [0.717, 1.165) is 12.1 Å². The Bertz CT molecular complexity index is 1180. The summed E-state index contributed by atoms with van der Waals surface area (Å²) in [6, 6.07) is 7.68. The molecule has 186 valence electrons. The number of ether oxygens (including phenoxy) is 2. The van der Waals surface area contributed by atoms with Crippen LogP contribution in [-0.2, 0) is 14.4 Å². The van der Waals surface area contributed by atoms with Crippen LogP contribution in [0.2, 0.25) is 10.0 Å². The summed E-state index contributed by atoms with van der Waals surface area (Å²) in [5, 5.41) is 5.58. The first-order chi connectivity index (χ1) is 16.6. The van der Waals surface area contributed by atoms with Crippen LogP contribution in [0, 0.1) is 11.6 Å². The summed E-state index contributed by atoms with van der Waals surface area (Å²) >= 11 is 11.3. The van der Waals surface area contributed by atoms with Gasteiger partial charge in [0, 0.05) is 30.5 Å². The third-order valence-corrected chi connectivity index (χ3v) is 6.95. The van der Waals surface area contributed by atoms with Gasteiger partial charge in [-0.15, -0.1) is 0 Å². The number of carbonyl (C=O) groups is 3. The fourth-order valence-corrected chi connectivity index (χ4v) is 4.90. The molecule has 2 unspecified atom stereocenters. The van der Waals surface area contributed by atoms with Crippen LogP contribution in [0.1, 0.15) is 32.1 Å². The van der Waals surface area contributed by atoms with Gasteiger partial charge in [0.2, 0.25) is 0 Å². The molecule has 0 heterocycles. The topological polar surface area (TPSA) is 93.7 Å². The first-order valence-electron chi connectivity index (χ1n) is 10.9. The summed E-state index contributed by atoms with van der Waals surface area (Å²) in [6.07, 6.45) is 1.71. The van der Waals surface area contributed by atoms with Crippen LogP contribution in [0.3, 0.4) is 0 Å². The molecular weight excluding hydrogens is 505 g/mol. The van der Waals surface area contributed by atoms with E-state index in [0.29, 0.717) is 19.3 Å². The minimum absolute atomic E-state index is 0.0531. The van der Waals surface area contributed by atoms with Crippen molar-refractivity contribution in [2.45, 2.75) is 43.2 Å². The number of hydrogen-bond donors (Lipinski definition) is 2. The number of nitrogens with one attached hydrogen (secondary N) is 2. The molecule has 35 heavy (non-hydrogen) atoms. The van der Waals surface area contributed by atoms with E-state index >= 15 is 0 Å². The highest BCUT2D eigenvalue weighted by Crippen LogP contribution is 2.46. The lowest BCUT2D eigenvalue weighted by Gasteiger charge is -2.39. The van der Waals surface area contributed by atoms with Crippen LogP contribution in [-0.4, -0.2) is 41.9 Å². The predicted octanol–water partition coefficient (Wildman–Crippen LogP) is 3.99. The number of ketones is 1. The second-order valence-electron chi connectivity index (χ2n) is 8.79. The van der Waals surface area contributed by atoms with Gasteiger partial charge in [0.1, 0.15) is 28.7 Å². The molecule has 2 aromatic rings. The Morgan fingerprint density at radius 1 is 0.857 bits per heavy atom. The third kappa shape index (κ3) is 5.67. The molecule has 0 radical (unpaired) electrons. The summed E-state index contributed by atoms with van der Waals surface area (Å²) in [5.41, 5.74) is -1.79. The van der Waals surface area contributed by atoms with E-state index in [1.165, 1.54) is 24.3 Å². The molecule has 2 aromatic carbocycles. The summed E-state index contributed by atoms with van der Waals surface area (Å²) in [4.78, 5) is 37.9. The second kappa shape index (κ2) is 9.99.